The van der Waals surface area contributed by atoms with E-state index in [1.807, 2.05) is 11.8 Å². The van der Waals surface area contributed by atoms with Crippen molar-refractivity contribution in [3.05, 3.63) is 34.2 Å². The van der Waals surface area contributed by atoms with Crippen LogP contribution in [0.2, 0.25) is 0 Å². The molecular weight excluding hydrogens is 212 g/mol. The minimum Gasteiger partial charge on any atom is -0.367 e. The van der Waals surface area contributed by atoms with Crippen LogP contribution < -0.4 is 10.7 Å². The minimum absolute atomic E-state index is 0.189. The molecule has 0 bridgehead atoms. The number of aromatic amines is 1. The van der Waals surface area contributed by atoms with Crippen LogP contribution in [0.5, 0.6) is 0 Å². The number of carbonyl (C=O) groups is 1. The first kappa shape index (κ1) is 10.3. The molecule has 80 valence electrons. The SMILES string of the molecule is O=C(NC1CCSC1)c1c[nH]ccc1=O. The van der Waals surface area contributed by atoms with E-state index in [1.165, 1.54) is 18.5 Å². The molecule has 1 aromatic rings. The molecule has 1 unspecified atom stereocenters. The first-order valence-electron chi connectivity index (χ1n) is 4.83. The molecule has 1 atom stereocenters. The Hall–Kier alpha value is -1.23. The van der Waals surface area contributed by atoms with Gasteiger partial charge in [-0.2, -0.15) is 11.8 Å². The van der Waals surface area contributed by atoms with E-state index in [-0.39, 0.29) is 22.9 Å². The molecule has 1 aliphatic rings. The Morgan fingerprint density at radius 1 is 1.60 bits per heavy atom. The van der Waals surface area contributed by atoms with E-state index >= 15 is 0 Å². The number of H-pyrrole nitrogens is 1. The van der Waals surface area contributed by atoms with Crippen LogP contribution in [0.3, 0.4) is 0 Å². The lowest BCUT2D eigenvalue weighted by Crippen LogP contribution is -2.37. The highest BCUT2D eigenvalue weighted by Gasteiger charge is 2.19. The van der Waals surface area contributed by atoms with Gasteiger partial charge in [0.1, 0.15) is 5.56 Å². The Kier molecular flexibility index (Phi) is 3.11. The van der Waals surface area contributed by atoms with E-state index in [2.05, 4.69) is 10.3 Å². The summed E-state index contributed by atoms with van der Waals surface area (Å²) in [5, 5.41) is 2.86. The van der Waals surface area contributed by atoms with Crippen molar-refractivity contribution in [2.45, 2.75) is 12.5 Å². The average Bonchev–Trinajstić information content (AvgIpc) is 2.71. The second-order valence-electron chi connectivity index (χ2n) is 3.46. The number of hydrogen-bond donors (Lipinski definition) is 2. The van der Waals surface area contributed by atoms with Crippen LogP contribution in [-0.4, -0.2) is 28.4 Å². The van der Waals surface area contributed by atoms with Gasteiger partial charge in [-0.3, -0.25) is 9.59 Å². The predicted molar refractivity (Wildman–Crippen MR) is 60.3 cm³/mol. The molecule has 1 fully saturated rings. The van der Waals surface area contributed by atoms with E-state index in [4.69, 9.17) is 0 Å². The van der Waals surface area contributed by atoms with E-state index in [0.717, 1.165) is 17.9 Å². The highest BCUT2D eigenvalue weighted by Crippen LogP contribution is 2.17. The first-order chi connectivity index (χ1) is 7.27. The van der Waals surface area contributed by atoms with Gasteiger partial charge in [-0.15, -0.1) is 0 Å². The van der Waals surface area contributed by atoms with Crippen LogP contribution in [-0.2, 0) is 0 Å². The predicted octanol–water partition coefficient (Wildman–Crippen LogP) is 0.610. The molecule has 5 heteroatoms. The first-order valence-corrected chi connectivity index (χ1v) is 5.98. The van der Waals surface area contributed by atoms with E-state index in [0.29, 0.717) is 0 Å². The van der Waals surface area contributed by atoms with E-state index < -0.39 is 0 Å². The average molecular weight is 224 g/mol. The van der Waals surface area contributed by atoms with Gasteiger partial charge in [0.15, 0.2) is 5.43 Å². The maximum absolute atomic E-state index is 11.7. The summed E-state index contributed by atoms with van der Waals surface area (Å²) in [6.45, 7) is 0. The number of nitrogens with one attached hydrogen (secondary N) is 2. The van der Waals surface area contributed by atoms with Crippen molar-refractivity contribution in [3.63, 3.8) is 0 Å². The number of amides is 1. The lowest BCUT2D eigenvalue weighted by atomic mass is 10.2. The summed E-state index contributed by atoms with van der Waals surface area (Å²) in [5.74, 6) is 1.75. The number of aromatic nitrogens is 1. The van der Waals surface area contributed by atoms with Crippen LogP contribution in [0.1, 0.15) is 16.8 Å². The van der Waals surface area contributed by atoms with Crippen LogP contribution in [0.25, 0.3) is 0 Å². The molecule has 2 rings (SSSR count). The summed E-state index contributed by atoms with van der Waals surface area (Å²) in [6.07, 6.45) is 3.95. The molecule has 4 nitrogen and oxygen atoms in total. The third-order valence-corrected chi connectivity index (χ3v) is 3.50. The fraction of sp³-hybridized carbons (Fsp3) is 0.400. The third kappa shape index (κ3) is 2.41. The summed E-state index contributed by atoms with van der Waals surface area (Å²) >= 11 is 1.82. The van der Waals surface area contributed by atoms with Crippen LogP contribution in [0.15, 0.2) is 23.3 Å². The summed E-state index contributed by atoms with van der Waals surface area (Å²) in [6, 6.07) is 1.57. The van der Waals surface area contributed by atoms with Gasteiger partial charge >= 0.3 is 0 Å². The monoisotopic (exact) mass is 224 g/mol. The second-order valence-corrected chi connectivity index (χ2v) is 4.61. The topological polar surface area (TPSA) is 62.0 Å². The van der Waals surface area contributed by atoms with Crippen molar-refractivity contribution in [3.8, 4) is 0 Å². The van der Waals surface area contributed by atoms with Gasteiger partial charge in [0, 0.05) is 30.3 Å². The molecule has 1 aromatic heterocycles. The van der Waals surface area contributed by atoms with Crippen molar-refractivity contribution >= 4 is 17.7 Å². The summed E-state index contributed by atoms with van der Waals surface area (Å²) in [5.41, 5.74) is -0.0497. The molecule has 2 heterocycles. The van der Waals surface area contributed by atoms with E-state index in [9.17, 15) is 9.59 Å². The van der Waals surface area contributed by atoms with E-state index in [1.54, 1.807) is 0 Å². The standard InChI is InChI=1S/C10H12N2O2S/c13-9-1-3-11-5-8(9)10(14)12-7-2-4-15-6-7/h1,3,5,7H,2,4,6H2,(H,11,13)(H,12,14). The quantitative estimate of drug-likeness (QED) is 0.773. The highest BCUT2D eigenvalue weighted by molar-refractivity contribution is 7.99. The van der Waals surface area contributed by atoms with Crippen LogP contribution >= 0.6 is 11.8 Å². The zero-order chi connectivity index (χ0) is 10.7. The zero-order valence-electron chi connectivity index (χ0n) is 8.16. The number of pyridine rings is 1. The Labute approximate surface area is 91.5 Å². The number of thioether (sulfide) groups is 1. The minimum atomic E-state index is -0.274. The molecule has 2 N–H and O–H groups in total. The van der Waals surface area contributed by atoms with Gasteiger partial charge in [0.25, 0.3) is 5.91 Å². The fourth-order valence-corrected chi connectivity index (χ4v) is 2.66. The van der Waals surface area contributed by atoms with Gasteiger partial charge in [0.05, 0.1) is 0 Å². The highest BCUT2D eigenvalue weighted by atomic mass is 32.2. The van der Waals surface area contributed by atoms with Gasteiger partial charge in [-0.05, 0) is 12.2 Å². The van der Waals surface area contributed by atoms with Crippen molar-refractivity contribution in [2.75, 3.05) is 11.5 Å². The van der Waals surface area contributed by atoms with Crippen molar-refractivity contribution in [1.82, 2.24) is 10.3 Å². The van der Waals surface area contributed by atoms with Crippen LogP contribution in [0, 0.1) is 0 Å². The molecule has 15 heavy (non-hydrogen) atoms. The molecule has 0 radical (unpaired) electrons. The fourth-order valence-electron chi connectivity index (χ4n) is 1.51. The van der Waals surface area contributed by atoms with Gasteiger partial charge in [-0.25, -0.2) is 0 Å². The molecular formula is C10H12N2O2S. The summed E-state index contributed by atoms with van der Waals surface area (Å²) < 4.78 is 0. The van der Waals surface area contributed by atoms with Gasteiger partial charge in [-0.1, -0.05) is 0 Å². The Bertz CT molecular complexity index is 410. The molecule has 1 amide bonds. The van der Waals surface area contributed by atoms with Crippen molar-refractivity contribution in [2.24, 2.45) is 0 Å². The summed E-state index contributed by atoms with van der Waals surface area (Å²) in [4.78, 5) is 25.8. The Morgan fingerprint density at radius 2 is 2.47 bits per heavy atom. The van der Waals surface area contributed by atoms with Gasteiger partial charge in [0.2, 0.25) is 0 Å². The normalized spacial score (nSPS) is 20.1. The van der Waals surface area contributed by atoms with Crippen molar-refractivity contribution in [1.29, 1.82) is 0 Å². The maximum Gasteiger partial charge on any atom is 0.256 e. The third-order valence-electron chi connectivity index (χ3n) is 2.33. The zero-order valence-corrected chi connectivity index (χ0v) is 8.97. The maximum atomic E-state index is 11.7. The van der Waals surface area contributed by atoms with Crippen molar-refractivity contribution < 1.29 is 4.79 Å². The Balaban J connectivity index is 2.07. The molecule has 0 saturated carbocycles. The smallest absolute Gasteiger partial charge is 0.256 e. The lowest BCUT2D eigenvalue weighted by Gasteiger charge is -2.10. The largest absolute Gasteiger partial charge is 0.367 e. The lowest BCUT2D eigenvalue weighted by molar-refractivity contribution is 0.0939. The summed E-state index contributed by atoms with van der Waals surface area (Å²) in [7, 11) is 0. The Morgan fingerprint density at radius 3 is 3.13 bits per heavy atom. The number of rotatable bonds is 2. The molecule has 1 saturated heterocycles. The van der Waals surface area contributed by atoms with Gasteiger partial charge < -0.3 is 10.3 Å². The molecule has 1 aliphatic heterocycles. The van der Waals surface area contributed by atoms with Crippen LogP contribution in [0.4, 0.5) is 0 Å². The second kappa shape index (κ2) is 4.53. The number of hydrogen-bond acceptors (Lipinski definition) is 3. The molecule has 0 aliphatic carbocycles. The molecule has 0 spiro atoms. The number of carbonyl (C=O) groups excluding carboxylic acids is 1. The molecule has 0 aromatic carbocycles.